The number of esters is 1. The molecule has 0 bridgehead atoms. The zero-order valence-corrected chi connectivity index (χ0v) is 17.5. The molecule has 9 heteroatoms. The fourth-order valence-corrected chi connectivity index (χ4v) is 4.38. The third kappa shape index (κ3) is 4.71. The third-order valence-electron chi connectivity index (χ3n) is 4.59. The highest BCUT2D eigenvalue weighted by atomic mass is 35.5. The molecule has 1 aliphatic heterocycles. The van der Waals surface area contributed by atoms with Gasteiger partial charge in [0, 0.05) is 17.1 Å². The van der Waals surface area contributed by atoms with Gasteiger partial charge >= 0.3 is 5.97 Å². The molecule has 3 rings (SSSR count). The Hall–Kier alpha value is -2.58. The van der Waals surface area contributed by atoms with Crippen molar-refractivity contribution in [3.63, 3.8) is 0 Å². The molecule has 154 valence electrons. The molecular weight excluding hydrogens is 418 g/mol. The average Bonchev–Trinajstić information content (AvgIpc) is 2.70. The number of carbonyl (C=O) groups excluding carboxylic acids is 2. The molecule has 29 heavy (non-hydrogen) atoms. The molecule has 0 fully saturated rings. The van der Waals surface area contributed by atoms with Crippen molar-refractivity contribution in [1.29, 1.82) is 0 Å². The van der Waals surface area contributed by atoms with E-state index in [9.17, 15) is 18.0 Å². The number of aryl methyl sites for hydroxylation is 1. The third-order valence-corrected chi connectivity index (χ3v) is 6.01. The Morgan fingerprint density at radius 1 is 1.17 bits per heavy atom. The first-order chi connectivity index (χ1) is 13.7. The van der Waals surface area contributed by atoms with Gasteiger partial charge in [-0.2, -0.15) is 0 Å². The number of hydrogen-bond donors (Lipinski definition) is 0. The van der Waals surface area contributed by atoms with Crippen molar-refractivity contribution in [1.82, 2.24) is 0 Å². The molecule has 0 amide bonds. The molecule has 0 spiro atoms. The van der Waals surface area contributed by atoms with Crippen molar-refractivity contribution >= 4 is 39.1 Å². The van der Waals surface area contributed by atoms with Crippen LogP contribution in [0, 0.1) is 0 Å². The van der Waals surface area contributed by atoms with Gasteiger partial charge in [0.25, 0.3) is 0 Å². The highest BCUT2D eigenvalue weighted by Gasteiger charge is 2.25. The SMILES string of the molecule is COc1ccc(Cl)cc1C(=O)OCC(=O)c1ccc2c(c1)CCCN2S(C)(=O)=O. The van der Waals surface area contributed by atoms with E-state index >= 15 is 0 Å². The lowest BCUT2D eigenvalue weighted by Crippen LogP contribution is -2.34. The second kappa shape index (κ2) is 8.42. The van der Waals surface area contributed by atoms with Crippen LogP contribution in [0.1, 0.15) is 32.7 Å². The van der Waals surface area contributed by atoms with E-state index in [1.54, 1.807) is 24.3 Å². The number of nitrogens with zero attached hydrogens (tertiary/aromatic N) is 1. The Kier molecular flexibility index (Phi) is 6.14. The van der Waals surface area contributed by atoms with Crippen LogP contribution in [0.5, 0.6) is 5.75 Å². The van der Waals surface area contributed by atoms with Crippen LogP contribution in [-0.4, -0.2) is 46.7 Å². The molecule has 0 unspecified atom stereocenters. The van der Waals surface area contributed by atoms with Crippen LogP contribution in [0.15, 0.2) is 36.4 Å². The molecule has 1 heterocycles. The van der Waals surface area contributed by atoms with Crippen LogP contribution in [0.3, 0.4) is 0 Å². The van der Waals surface area contributed by atoms with Gasteiger partial charge in [-0.1, -0.05) is 11.6 Å². The van der Waals surface area contributed by atoms with E-state index in [0.717, 1.165) is 11.8 Å². The van der Waals surface area contributed by atoms with Gasteiger partial charge in [-0.05, 0) is 54.8 Å². The summed E-state index contributed by atoms with van der Waals surface area (Å²) in [5.74, 6) is -0.820. The van der Waals surface area contributed by atoms with Crippen molar-refractivity contribution in [2.24, 2.45) is 0 Å². The Balaban J connectivity index is 1.74. The lowest BCUT2D eigenvalue weighted by atomic mass is 9.99. The monoisotopic (exact) mass is 437 g/mol. The quantitative estimate of drug-likeness (QED) is 0.509. The van der Waals surface area contributed by atoms with Gasteiger partial charge in [0.1, 0.15) is 11.3 Å². The molecule has 0 saturated carbocycles. The molecule has 0 aliphatic carbocycles. The van der Waals surface area contributed by atoms with Crippen molar-refractivity contribution in [3.8, 4) is 5.75 Å². The molecule has 0 radical (unpaired) electrons. The molecule has 2 aromatic carbocycles. The van der Waals surface area contributed by atoms with Gasteiger partial charge in [0.15, 0.2) is 12.4 Å². The van der Waals surface area contributed by atoms with Crippen molar-refractivity contribution in [2.75, 3.05) is 30.8 Å². The lowest BCUT2D eigenvalue weighted by molar-refractivity contribution is 0.0471. The minimum Gasteiger partial charge on any atom is -0.496 e. The summed E-state index contributed by atoms with van der Waals surface area (Å²) in [6, 6.07) is 9.34. The van der Waals surface area contributed by atoms with E-state index in [0.29, 0.717) is 41.4 Å². The van der Waals surface area contributed by atoms with E-state index in [2.05, 4.69) is 0 Å². The second-order valence-corrected chi connectivity index (χ2v) is 8.97. The zero-order valence-electron chi connectivity index (χ0n) is 16.0. The molecule has 0 N–H and O–H groups in total. The van der Waals surface area contributed by atoms with Gasteiger partial charge in [0.05, 0.1) is 19.1 Å². The predicted molar refractivity (Wildman–Crippen MR) is 110 cm³/mol. The Bertz CT molecular complexity index is 1070. The number of hydrogen-bond acceptors (Lipinski definition) is 6. The van der Waals surface area contributed by atoms with Gasteiger partial charge in [-0.3, -0.25) is 9.10 Å². The van der Waals surface area contributed by atoms with Crippen LogP contribution in [0.2, 0.25) is 5.02 Å². The maximum atomic E-state index is 12.5. The molecule has 2 aromatic rings. The highest BCUT2D eigenvalue weighted by molar-refractivity contribution is 7.92. The normalized spacial score (nSPS) is 13.6. The first-order valence-electron chi connectivity index (χ1n) is 8.85. The van der Waals surface area contributed by atoms with Gasteiger partial charge in [0.2, 0.25) is 10.0 Å². The van der Waals surface area contributed by atoms with E-state index in [1.807, 2.05) is 0 Å². The van der Waals surface area contributed by atoms with Crippen LogP contribution < -0.4 is 9.04 Å². The number of anilines is 1. The highest BCUT2D eigenvalue weighted by Crippen LogP contribution is 2.30. The summed E-state index contributed by atoms with van der Waals surface area (Å²) in [6.07, 6.45) is 2.49. The Morgan fingerprint density at radius 2 is 1.93 bits per heavy atom. The fraction of sp³-hybridized carbons (Fsp3) is 0.300. The number of rotatable bonds is 6. The summed E-state index contributed by atoms with van der Waals surface area (Å²) >= 11 is 5.91. The maximum Gasteiger partial charge on any atom is 0.342 e. The second-order valence-electron chi connectivity index (χ2n) is 6.63. The first-order valence-corrected chi connectivity index (χ1v) is 11.1. The molecule has 0 aromatic heterocycles. The van der Waals surface area contributed by atoms with Crippen molar-refractivity contribution in [2.45, 2.75) is 12.8 Å². The minimum atomic E-state index is -3.38. The van der Waals surface area contributed by atoms with Crippen molar-refractivity contribution < 1.29 is 27.5 Å². The number of halogens is 1. The number of carbonyl (C=O) groups is 2. The number of Topliss-reactive ketones (excluding diaryl/α,β-unsaturated/α-hetero) is 1. The van der Waals surface area contributed by atoms with Gasteiger partial charge < -0.3 is 9.47 Å². The number of methoxy groups -OCH3 is 1. The topological polar surface area (TPSA) is 90.0 Å². The number of ether oxygens (including phenoxy) is 2. The molecule has 0 atom stereocenters. The van der Waals surface area contributed by atoms with Crippen molar-refractivity contribution in [3.05, 3.63) is 58.1 Å². The standard InChI is InChI=1S/C20H20ClNO6S/c1-27-19-8-6-15(21)11-16(19)20(24)28-12-18(23)14-5-7-17-13(10-14)4-3-9-22(17)29(2,25)26/h5-8,10-11H,3-4,9,12H2,1-2H3. The molecule has 0 saturated heterocycles. The molecule has 1 aliphatic rings. The lowest BCUT2D eigenvalue weighted by Gasteiger charge is -2.29. The van der Waals surface area contributed by atoms with Crippen LogP contribution in [0.4, 0.5) is 5.69 Å². The zero-order chi connectivity index (χ0) is 21.2. The van der Waals surface area contributed by atoms with Gasteiger partial charge in [-0.25, -0.2) is 13.2 Å². The van der Waals surface area contributed by atoms with Crippen LogP contribution in [-0.2, 0) is 21.2 Å². The fourth-order valence-electron chi connectivity index (χ4n) is 3.21. The Labute approximate surface area is 174 Å². The van der Waals surface area contributed by atoms with Gasteiger partial charge in [-0.15, -0.1) is 0 Å². The van der Waals surface area contributed by atoms with Crippen LogP contribution >= 0.6 is 11.6 Å². The minimum absolute atomic E-state index is 0.127. The summed E-state index contributed by atoms with van der Waals surface area (Å²) in [5, 5.41) is 0.342. The molecular formula is C20H20ClNO6S. The Morgan fingerprint density at radius 3 is 2.62 bits per heavy atom. The van der Waals surface area contributed by atoms with E-state index in [-0.39, 0.29) is 5.56 Å². The summed E-state index contributed by atoms with van der Waals surface area (Å²) in [5.41, 5.74) is 1.83. The average molecular weight is 438 g/mol. The summed E-state index contributed by atoms with van der Waals surface area (Å²) in [4.78, 5) is 24.8. The number of sulfonamides is 1. The van der Waals surface area contributed by atoms with E-state index in [4.69, 9.17) is 21.1 Å². The summed E-state index contributed by atoms with van der Waals surface area (Å²) in [7, 11) is -1.96. The number of ketones is 1. The van der Waals surface area contributed by atoms with E-state index < -0.39 is 28.4 Å². The maximum absolute atomic E-state index is 12.5. The predicted octanol–water partition coefficient (Wildman–Crippen LogP) is 3.10. The largest absolute Gasteiger partial charge is 0.496 e. The first kappa shape index (κ1) is 21.1. The summed E-state index contributed by atoms with van der Waals surface area (Å²) < 4.78 is 35.5. The molecule has 7 nitrogen and oxygen atoms in total. The van der Waals surface area contributed by atoms with Crippen LogP contribution in [0.25, 0.3) is 0 Å². The summed E-state index contributed by atoms with van der Waals surface area (Å²) in [6.45, 7) is -0.0404. The van der Waals surface area contributed by atoms with E-state index in [1.165, 1.54) is 23.5 Å². The number of fused-ring (bicyclic) bond motifs is 1. The number of benzene rings is 2. The smallest absolute Gasteiger partial charge is 0.342 e.